The molecule has 0 spiro atoms. The van der Waals surface area contributed by atoms with Crippen molar-refractivity contribution in [2.24, 2.45) is 5.92 Å². The van der Waals surface area contributed by atoms with E-state index in [0.717, 1.165) is 12.8 Å². The van der Waals surface area contributed by atoms with Gasteiger partial charge in [0, 0.05) is 0 Å². The average molecular weight is 167 g/mol. The minimum atomic E-state index is 0.125. The van der Waals surface area contributed by atoms with Gasteiger partial charge >= 0.3 is 0 Å². The van der Waals surface area contributed by atoms with Crippen molar-refractivity contribution < 1.29 is 5.21 Å². The quantitative estimate of drug-likeness (QED) is 0.488. The van der Waals surface area contributed by atoms with Gasteiger partial charge in [0.2, 0.25) is 0 Å². The van der Waals surface area contributed by atoms with Crippen LogP contribution in [0.3, 0.4) is 0 Å². The third-order valence-corrected chi connectivity index (χ3v) is 2.65. The normalized spacial score (nSPS) is 29.8. The Hall–Kier alpha value is -0.600. The van der Waals surface area contributed by atoms with Gasteiger partial charge < -0.3 is 5.21 Å². The van der Waals surface area contributed by atoms with Gasteiger partial charge in [0.05, 0.1) is 6.04 Å². The summed E-state index contributed by atoms with van der Waals surface area (Å²) in [7, 11) is 0. The van der Waals surface area contributed by atoms with Crippen LogP contribution in [-0.2, 0) is 0 Å². The predicted octanol–water partition coefficient (Wildman–Crippen LogP) is 2.27. The zero-order chi connectivity index (χ0) is 9.14. The monoisotopic (exact) mass is 167 g/mol. The summed E-state index contributed by atoms with van der Waals surface area (Å²) in [6, 6.07) is 0.125. The molecule has 0 saturated heterocycles. The summed E-state index contributed by atoms with van der Waals surface area (Å²) in [4.78, 5) is 0. The van der Waals surface area contributed by atoms with Crippen LogP contribution < -0.4 is 5.48 Å². The first kappa shape index (κ1) is 9.49. The van der Waals surface area contributed by atoms with Crippen LogP contribution in [0.2, 0.25) is 0 Å². The molecule has 2 heteroatoms. The Kier molecular flexibility index (Phi) is 3.06. The van der Waals surface area contributed by atoms with Crippen molar-refractivity contribution in [2.75, 3.05) is 0 Å². The highest BCUT2D eigenvalue weighted by Crippen LogP contribution is 2.27. The molecule has 0 radical (unpaired) electrons. The highest BCUT2D eigenvalue weighted by atomic mass is 16.5. The molecule has 0 aromatic carbocycles. The van der Waals surface area contributed by atoms with Crippen LogP contribution in [0.15, 0.2) is 23.8 Å². The van der Waals surface area contributed by atoms with Crippen molar-refractivity contribution in [1.82, 2.24) is 5.48 Å². The Balaban J connectivity index is 2.64. The van der Waals surface area contributed by atoms with Crippen LogP contribution in [0.5, 0.6) is 0 Å². The van der Waals surface area contributed by atoms with E-state index in [1.165, 1.54) is 11.1 Å². The van der Waals surface area contributed by atoms with E-state index in [-0.39, 0.29) is 6.04 Å². The van der Waals surface area contributed by atoms with Crippen molar-refractivity contribution in [2.45, 2.75) is 32.7 Å². The maximum absolute atomic E-state index is 8.84. The standard InChI is InChI=1S/C10H17NO/c1-7(2)9-5-4-8(3)10(6-9)11-12/h4,9-12H,1,5-6H2,2-3H3. The minimum absolute atomic E-state index is 0.125. The van der Waals surface area contributed by atoms with Gasteiger partial charge in [-0.15, -0.1) is 0 Å². The van der Waals surface area contributed by atoms with Crippen molar-refractivity contribution in [1.29, 1.82) is 0 Å². The fourth-order valence-electron chi connectivity index (χ4n) is 1.59. The van der Waals surface area contributed by atoms with Gasteiger partial charge in [-0.25, -0.2) is 0 Å². The lowest BCUT2D eigenvalue weighted by Crippen LogP contribution is -2.32. The van der Waals surface area contributed by atoms with Gasteiger partial charge in [-0.05, 0) is 32.6 Å². The van der Waals surface area contributed by atoms with E-state index in [0.29, 0.717) is 5.92 Å². The second kappa shape index (κ2) is 3.87. The van der Waals surface area contributed by atoms with Gasteiger partial charge in [-0.1, -0.05) is 23.8 Å². The molecule has 2 N–H and O–H groups in total. The Morgan fingerprint density at radius 1 is 1.75 bits per heavy atom. The van der Waals surface area contributed by atoms with Gasteiger partial charge in [0.1, 0.15) is 0 Å². The van der Waals surface area contributed by atoms with E-state index in [1.807, 2.05) is 13.8 Å². The number of nitrogens with one attached hydrogen (secondary N) is 1. The summed E-state index contributed by atoms with van der Waals surface area (Å²) in [6.45, 7) is 8.03. The van der Waals surface area contributed by atoms with Gasteiger partial charge in [-0.3, -0.25) is 0 Å². The molecule has 0 fully saturated rings. The van der Waals surface area contributed by atoms with Crippen molar-refractivity contribution in [3.05, 3.63) is 23.8 Å². The molecule has 2 unspecified atom stereocenters. The zero-order valence-electron chi connectivity index (χ0n) is 7.80. The number of allylic oxidation sites excluding steroid dienone is 2. The molecular formula is C10H17NO. The molecule has 0 amide bonds. The molecule has 0 aliphatic heterocycles. The lowest BCUT2D eigenvalue weighted by Gasteiger charge is -2.27. The average Bonchev–Trinajstić information content (AvgIpc) is 2.05. The zero-order valence-corrected chi connectivity index (χ0v) is 7.80. The van der Waals surface area contributed by atoms with E-state index < -0.39 is 0 Å². The lowest BCUT2D eigenvalue weighted by atomic mass is 9.83. The number of hydrogen-bond acceptors (Lipinski definition) is 2. The first-order valence-electron chi connectivity index (χ1n) is 4.36. The van der Waals surface area contributed by atoms with Gasteiger partial charge in [0.25, 0.3) is 0 Å². The summed E-state index contributed by atoms with van der Waals surface area (Å²) in [5.74, 6) is 0.526. The summed E-state index contributed by atoms with van der Waals surface area (Å²) in [5, 5.41) is 8.84. The van der Waals surface area contributed by atoms with Crippen LogP contribution in [0.4, 0.5) is 0 Å². The molecule has 0 aromatic rings. The molecule has 12 heavy (non-hydrogen) atoms. The summed E-state index contributed by atoms with van der Waals surface area (Å²) >= 11 is 0. The summed E-state index contributed by atoms with van der Waals surface area (Å²) < 4.78 is 0. The topological polar surface area (TPSA) is 32.3 Å². The molecule has 0 saturated carbocycles. The predicted molar refractivity (Wildman–Crippen MR) is 50.0 cm³/mol. The van der Waals surface area contributed by atoms with Crippen molar-refractivity contribution in [3.63, 3.8) is 0 Å². The number of hydroxylamine groups is 1. The summed E-state index contributed by atoms with van der Waals surface area (Å²) in [6.07, 6.45) is 4.21. The Morgan fingerprint density at radius 3 is 2.92 bits per heavy atom. The van der Waals surface area contributed by atoms with Crippen LogP contribution in [0.1, 0.15) is 26.7 Å². The fraction of sp³-hybridized carbons (Fsp3) is 0.600. The third kappa shape index (κ3) is 1.96. The smallest absolute Gasteiger partial charge is 0.0532 e. The van der Waals surface area contributed by atoms with E-state index >= 15 is 0 Å². The maximum Gasteiger partial charge on any atom is 0.0532 e. The lowest BCUT2D eigenvalue weighted by molar-refractivity contribution is 0.126. The molecule has 1 aliphatic carbocycles. The molecule has 68 valence electrons. The van der Waals surface area contributed by atoms with Gasteiger partial charge in [-0.2, -0.15) is 5.48 Å². The maximum atomic E-state index is 8.84. The van der Waals surface area contributed by atoms with Crippen LogP contribution in [0.25, 0.3) is 0 Å². The number of hydrogen-bond donors (Lipinski definition) is 2. The second-order valence-electron chi connectivity index (χ2n) is 3.64. The molecule has 0 heterocycles. The van der Waals surface area contributed by atoms with Crippen molar-refractivity contribution in [3.8, 4) is 0 Å². The highest BCUT2D eigenvalue weighted by molar-refractivity contribution is 5.16. The first-order valence-corrected chi connectivity index (χ1v) is 4.36. The highest BCUT2D eigenvalue weighted by Gasteiger charge is 2.21. The van der Waals surface area contributed by atoms with Crippen LogP contribution in [0, 0.1) is 5.92 Å². The second-order valence-corrected chi connectivity index (χ2v) is 3.64. The molecular weight excluding hydrogens is 150 g/mol. The number of rotatable bonds is 2. The van der Waals surface area contributed by atoms with E-state index in [1.54, 1.807) is 0 Å². The van der Waals surface area contributed by atoms with Crippen LogP contribution >= 0.6 is 0 Å². The largest absolute Gasteiger partial charge is 0.316 e. The van der Waals surface area contributed by atoms with E-state index in [2.05, 4.69) is 18.1 Å². The SMILES string of the molecule is C=C(C)C1CC=C(C)C(NO)C1. The molecule has 2 nitrogen and oxygen atoms in total. The van der Waals surface area contributed by atoms with E-state index in [4.69, 9.17) is 5.21 Å². The molecule has 1 aliphatic rings. The van der Waals surface area contributed by atoms with Gasteiger partial charge in [0.15, 0.2) is 0 Å². The van der Waals surface area contributed by atoms with E-state index in [9.17, 15) is 0 Å². The third-order valence-electron chi connectivity index (χ3n) is 2.65. The Morgan fingerprint density at radius 2 is 2.42 bits per heavy atom. The van der Waals surface area contributed by atoms with Crippen LogP contribution in [-0.4, -0.2) is 11.2 Å². The molecule has 0 bridgehead atoms. The molecule has 2 atom stereocenters. The molecule has 0 aromatic heterocycles. The Bertz CT molecular complexity index is 208. The Labute approximate surface area is 73.9 Å². The first-order chi connectivity index (χ1) is 5.65. The minimum Gasteiger partial charge on any atom is -0.316 e. The van der Waals surface area contributed by atoms with Crippen molar-refractivity contribution >= 4 is 0 Å². The molecule has 1 rings (SSSR count). The summed E-state index contributed by atoms with van der Waals surface area (Å²) in [5.41, 5.74) is 4.77. The fourth-order valence-corrected chi connectivity index (χ4v) is 1.59.